The Hall–Kier alpha value is -1.89. The van der Waals surface area contributed by atoms with E-state index in [4.69, 9.17) is 4.74 Å². The summed E-state index contributed by atoms with van der Waals surface area (Å²) in [4.78, 5) is 16.7. The number of carbonyl (C=O) groups is 1. The third-order valence-electron chi connectivity index (χ3n) is 5.46. The average Bonchev–Trinajstić information content (AvgIpc) is 3.12. The lowest BCUT2D eigenvalue weighted by atomic mass is 9.85. The van der Waals surface area contributed by atoms with E-state index in [2.05, 4.69) is 15.6 Å². The van der Waals surface area contributed by atoms with Crippen molar-refractivity contribution in [3.63, 3.8) is 0 Å². The quantitative estimate of drug-likeness (QED) is 0.721. The fraction of sp³-hybridized carbons (Fsp3) is 0.429. The smallest absolute Gasteiger partial charge is 0.237 e. The number of fused-ring (bicyclic) bond motifs is 1. The Kier molecular flexibility index (Phi) is 8.68. The van der Waals surface area contributed by atoms with Crippen molar-refractivity contribution in [2.45, 2.75) is 50.7 Å². The molecule has 2 fully saturated rings. The second-order valence-corrected chi connectivity index (χ2v) is 7.39. The molecule has 1 aliphatic heterocycles. The van der Waals surface area contributed by atoms with Crippen molar-refractivity contribution in [1.82, 2.24) is 15.6 Å². The van der Waals surface area contributed by atoms with Gasteiger partial charge in [0.05, 0.1) is 6.04 Å². The lowest BCUT2D eigenvalue weighted by Crippen LogP contribution is -2.42. The SMILES string of the molecule is Cl.Cl.O=C(NCc1ccc(Oc2cccc(F)c2)nc1)C1CC2CCCCC2N1. The Labute approximate surface area is 182 Å². The molecular formula is C21H26Cl2FN3O2. The minimum Gasteiger partial charge on any atom is -0.439 e. The van der Waals surface area contributed by atoms with Gasteiger partial charge in [-0.3, -0.25) is 4.79 Å². The van der Waals surface area contributed by atoms with Gasteiger partial charge in [-0.2, -0.15) is 0 Å². The fourth-order valence-corrected chi connectivity index (χ4v) is 4.06. The van der Waals surface area contributed by atoms with Crippen molar-refractivity contribution in [1.29, 1.82) is 0 Å². The summed E-state index contributed by atoms with van der Waals surface area (Å²) in [7, 11) is 0. The number of nitrogens with zero attached hydrogens (tertiary/aromatic N) is 1. The molecule has 2 aromatic rings. The van der Waals surface area contributed by atoms with Crippen LogP contribution in [0.2, 0.25) is 0 Å². The number of carbonyl (C=O) groups excluding carboxylic acids is 1. The van der Waals surface area contributed by atoms with Crippen LogP contribution >= 0.6 is 24.8 Å². The van der Waals surface area contributed by atoms with E-state index in [0.717, 1.165) is 12.0 Å². The van der Waals surface area contributed by atoms with Gasteiger partial charge in [0.1, 0.15) is 11.6 Å². The number of hydrogen-bond donors (Lipinski definition) is 2. The molecule has 3 unspecified atom stereocenters. The zero-order chi connectivity index (χ0) is 18.6. The van der Waals surface area contributed by atoms with Crippen molar-refractivity contribution >= 4 is 30.7 Å². The first kappa shape index (κ1) is 23.4. The third kappa shape index (κ3) is 6.04. The lowest BCUT2D eigenvalue weighted by molar-refractivity contribution is -0.123. The number of amides is 1. The van der Waals surface area contributed by atoms with Crippen LogP contribution in [0.5, 0.6) is 11.6 Å². The topological polar surface area (TPSA) is 63.2 Å². The predicted octanol–water partition coefficient (Wildman–Crippen LogP) is 4.39. The molecule has 0 radical (unpaired) electrons. The second kappa shape index (κ2) is 10.8. The molecule has 8 heteroatoms. The number of pyridine rings is 1. The van der Waals surface area contributed by atoms with E-state index >= 15 is 0 Å². The number of halogens is 3. The van der Waals surface area contributed by atoms with Gasteiger partial charge in [-0.05, 0) is 42.9 Å². The molecule has 29 heavy (non-hydrogen) atoms. The minimum atomic E-state index is -0.354. The molecule has 1 saturated carbocycles. The van der Waals surface area contributed by atoms with Crippen molar-refractivity contribution in [2.75, 3.05) is 0 Å². The summed E-state index contributed by atoms with van der Waals surface area (Å²) in [5.74, 6) is 1.14. The molecule has 1 aromatic heterocycles. The Morgan fingerprint density at radius 1 is 1.21 bits per heavy atom. The summed E-state index contributed by atoms with van der Waals surface area (Å²) in [6.07, 6.45) is 7.57. The van der Waals surface area contributed by atoms with Gasteiger partial charge in [-0.1, -0.05) is 25.0 Å². The summed E-state index contributed by atoms with van der Waals surface area (Å²) in [5.41, 5.74) is 0.894. The van der Waals surface area contributed by atoms with E-state index in [9.17, 15) is 9.18 Å². The molecule has 1 saturated heterocycles. The second-order valence-electron chi connectivity index (χ2n) is 7.39. The molecule has 0 bridgehead atoms. The summed E-state index contributed by atoms with van der Waals surface area (Å²) in [6, 6.07) is 9.92. The van der Waals surface area contributed by atoms with Gasteiger partial charge in [-0.25, -0.2) is 9.37 Å². The molecule has 0 spiro atoms. The van der Waals surface area contributed by atoms with E-state index in [0.29, 0.717) is 30.1 Å². The monoisotopic (exact) mass is 441 g/mol. The van der Waals surface area contributed by atoms with Crippen LogP contribution in [0, 0.1) is 11.7 Å². The van der Waals surface area contributed by atoms with E-state index in [1.165, 1.54) is 37.8 Å². The lowest BCUT2D eigenvalue weighted by Gasteiger charge is -2.24. The summed E-state index contributed by atoms with van der Waals surface area (Å²) in [5, 5.41) is 6.49. The number of rotatable bonds is 5. The van der Waals surface area contributed by atoms with Gasteiger partial charge < -0.3 is 15.4 Å². The molecule has 2 heterocycles. The van der Waals surface area contributed by atoms with Gasteiger partial charge in [0.25, 0.3) is 0 Å². The maximum atomic E-state index is 13.2. The highest BCUT2D eigenvalue weighted by atomic mass is 35.5. The van der Waals surface area contributed by atoms with Crippen molar-refractivity contribution in [2.24, 2.45) is 5.92 Å². The minimum absolute atomic E-state index is 0. The first-order chi connectivity index (χ1) is 13.2. The van der Waals surface area contributed by atoms with Crippen LogP contribution in [-0.4, -0.2) is 23.0 Å². The molecular weight excluding hydrogens is 416 g/mol. The van der Waals surface area contributed by atoms with Gasteiger partial charge >= 0.3 is 0 Å². The third-order valence-corrected chi connectivity index (χ3v) is 5.46. The Bertz CT molecular complexity index is 793. The summed E-state index contributed by atoms with van der Waals surface area (Å²) in [6.45, 7) is 0.430. The molecule has 158 valence electrons. The molecule has 2 aliphatic rings. The van der Waals surface area contributed by atoms with E-state index < -0.39 is 0 Å². The van der Waals surface area contributed by atoms with Gasteiger partial charge in [0.15, 0.2) is 0 Å². The highest BCUT2D eigenvalue weighted by Gasteiger charge is 2.37. The maximum absolute atomic E-state index is 13.2. The largest absolute Gasteiger partial charge is 0.439 e. The van der Waals surface area contributed by atoms with E-state index in [-0.39, 0.29) is 42.6 Å². The highest BCUT2D eigenvalue weighted by molar-refractivity contribution is 5.85. The zero-order valence-electron chi connectivity index (χ0n) is 16.0. The maximum Gasteiger partial charge on any atom is 0.237 e. The van der Waals surface area contributed by atoms with Gasteiger partial charge in [-0.15, -0.1) is 24.8 Å². The van der Waals surface area contributed by atoms with Gasteiger partial charge in [0, 0.05) is 30.9 Å². The van der Waals surface area contributed by atoms with Crippen LogP contribution in [0.15, 0.2) is 42.6 Å². The average molecular weight is 442 g/mol. The molecule has 1 aromatic carbocycles. The number of nitrogens with one attached hydrogen (secondary N) is 2. The van der Waals surface area contributed by atoms with Crippen molar-refractivity contribution < 1.29 is 13.9 Å². The Morgan fingerprint density at radius 3 is 2.76 bits per heavy atom. The number of benzene rings is 1. The summed E-state index contributed by atoms with van der Waals surface area (Å²) < 4.78 is 18.7. The Morgan fingerprint density at radius 2 is 2.03 bits per heavy atom. The highest BCUT2D eigenvalue weighted by Crippen LogP contribution is 2.33. The van der Waals surface area contributed by atoms with Crippen LogP contribution < -0.4 is 15.4 Å². The number of hydrogen-bond acceptors (Lipinski definition) is 4. The number of aromatic nitrogens is 1. The first-order valence-corrected chi connectivity index (χ1v) is 9.59. The molecule has 1 aliphatic carbocycles. The number of ether oxygens (including phenoxy) is 1. The Balaban J connectivity index is 0.00000150. The first-order valence-electron chi connectivity index (χ1n) is 9.59. The molecule has 1 amide bonds. The van der Waals surface area contributed by atoms with Crippen molar-refractivity contribution in [3.05, 3.63) is 54.0 Å². The molecule has 2 N–H and O–H groups in total. The van der Waals surface area contributed by atoms with E-state index in [1.807, 2.05) is 6.07 Å². The van der Waals surface area contributed by atoms with Gasteiger partial charge in [0.2, 0.25) is 11.8 Å². The summed E-state index contributed by atoms with van der Waals surface area (Å²) >= 11 is 0. The predicted molar refractivity (Wildman–Crippen MR) is 114 cm³/mol. The van der Waals surface area contributed by atoms with Crippen molar-refractivity contribution in [3.8, 4) is 11.6 Å². The van der Waals surface area contributed by atoms with Crippen LogP contribution in [0.1, 0.15) is 37.7 Å². The molecule has 4 rings (SSSR count). The van der Waals surface area contributed by atoms with E-state index in [1.54, 1.807) is 24.4 Å². The fourth-order valence-electron chi connectivity index (χ4n) is 4.06. The standard InChI is InChI=1S/C21H24FN3O2.2ClH/c22-16-5-3-6-17(11-16)27-20-9-8-14(12-23-20)13-24-21(26)19-10-15-4-1-2-7-18(15)25-19;;/h3,5-6,8-9,11-12,15,18-19,25H,1-2,4,7,10,13H2,(H,24,26);2*1H. The molecule has 5 nitrogen and oxygen atoms in total. The van der Waals surface area contributed by atoms with Crippen LogP contribution in [0.25, 0.3) is 0 Å². The zero-order valence-corrected chi connectivity index (χ0v) is 17.6. The normalized spacial score (nSPS) is 22.6. The van der Waals surface area contributed by atoms with Crippen LogP contribution in [-0.2, 0) is 11.3 Å². The van der Waals surface area contributed by atoms with Crippen LogP contribution in [0.3, 0.4) is 0 Å². The molecule has 3 atom stereocenters. The van der Waals surface area contributed by atoms with Crippen LogP contribution in [0.4, 0.5) is 4.39 Å².